The molecular formula is C21H29N3O3. The van der Waals surface area contributed by atoms with Gasteiger partial charge >= 0.3 is 12.0 Å². The Labute approximate surface area is 161 Å². The van der Waals surface area contributed by atoms with Crippen molar-refractivity contribution in [3.63, 3.8) is 0 Å². The molecule has 6 nitrogen and oxygen atoms in total. The van der Waals surface area contributed by atoms with Crippen molar-refractivity contribution in [2.75, 3.05) is 26.2 Å². The first-order valence-corrected chi connectivity index (χ1v) is 9.85. The second kappa shape index (κ2) is 9.04. The van der Waals surface area contributed by atoms with Crippen LogP contribution in [0, 0.1) is 6.92 Å². The molecule has 2 heterocycles. The third-order valence-corrected chi connectivity index (χ3v) is 5.14. The Bertz CT molecular complexity index is 704. The van der Waals surface area contributed by atoms with E-state index in [2.05, 4.69) is 15.5 Å². The molecule has 0 aromatic heterocycles. The lowest BCUT2D eigenvalue weighted by molar-refractivity contribution is -0.139. The summed E-state index contributed by atoms with van der Waals surface area (Å²) in [5, 5.41) is 5.77. The van der Waals surface area contributed by atoms with E-state index in [1.165, 1.54) is 12.8 Å². The van der Waals surface area contributed by atoms with Crippen LogP contribution in [0.3, 0.4) is 0 Å². The van der Waals surface area contributed by atoms with Crippen LogP contribution in [-0.4, -0.2) is 43.1 Å². The van der Waals surface area contributed by atoms with Crippen LogP contribution in [0.2, 0.25) is 0 Å². The molecule has 1 saturated heterocycles. The fraction of sp³-hybridized carbons (Fsp3) is 0.524. The first kappa shape index (κ1) is 19.4. The predicted molar refractivity (Wildman–Crippen MR) is 104 cm³/mol. The summed E-state index contributed by atoms with van der Waals surface area (Å²) in [6, 6.07) is 7.10. The molecule has 146 valence electrons. The molecule has 1 aromatic carbocycles. The molecular weight excluding hydrogens is 342 g/mol. The zero-order chi connectivity index (χ0) is 19.2. The highest BCUT2D eigenvalue weighted by Gasteiger charge is 2.34. The van der Waals surface area contributed by atoms with E-state index in [-0.39, 0.29) is 12.0 Å². The van der Waals surface area contributed by atoms with Crippen LogP contribution in [0.15, 0.2) is 35.5 Å². The molecule has 2 N–H and O–H groups in total. The van der Waals surface area contributed by atoms with Gasteiger partial charge in [-0.3, -0.25) is 4.90 Å². The Kier molecular flexibility index (Phi) is 6.50. The summed E-state index contributed by atoms with van der Waals surface area (Å²) in [5.41, 5.74) is 3.17. The number of aryl methyl sites for hydroxylation is 1. The normalized spacial score (nSPS) is 21.3. The van der Waals surface area contributed by atoms with E-state index in [0.717, 1.165) is 37.1 Å². The number of hydrogen-bond donors (Lipinski definition) is 2. The van der Waals surface area contributed by atoms with Crippen molar-refractivity contribution in [1.29, 1.82) is 0 Å². The molecule has 2 aliphatic heterocycles. The van der Waals surface area contributed by atoms with Gasteiger partial charge in [-0.05, 0) is 45.3 Å². The lowest BCUT2D eigenvalue weighted by Crippen LogP contribution is -2.48. The summed E-state index contributed by atoms with van der Waals surface area (Å²) in [5.74, 6) is -0.375. The van der Waals surface area contributed by atoms with Gasteiger partial charge < -0.3 is 15.4 Å². The average Bonchev–Trinajstić information content (AvgIpc) is 2.90. The molecule has 1 fully saturated rings. The van der Waals surface area contributed by atoms with Gasteiger partial charge in [0.25, 0.3) is 0 Å². The number of esters is 1. The van der Waals surface area contributed by atoms with E-state index in [4.69, 9.17) is 4.74 Å². The van der Waals surface area contributed by atoms with Crippen molar-refractivity contribution in [3.05, 3.63) is 46.7 Å². The SMILES string of the molecule is CCOC(=O)C1=C(CN2CCCCCC2)NC(=O)N[C@@H]1c1ccc(C)cc1. The first-order chi connectivity index (χ1) is 13.1. The number of rotatable bonds is 5. The van der Waals surface area contributed by atoms with Gasteiger partial charge in [-0.2, -0.15) is 0 Å². The third-order valence-electron chi connectivity index (χ3n) is 5.14. The second-order valence-corrected chi connectivity index (χ2v) is 7.25. The van der Waals surface area contributed by atoms with E-state index >= 15 is 0 Å². The summed E-state index contributed by atoms with van der Waals surface area (Å²) in [4.78, 5) is 27.4. The van der Waals surface area contributed by atoms with Crippen molar-refractivity contribution < 1.29 is 14.3 Å². The largest absolute Gasteiger partial charge is 0.463 e. The number of urea groups is 1. The number of carbonyl (C=O) groups excluding carboxylic acids is 2. The zero-order valence-electron chi connectivity index (χ0n) is 16.2. The predicted octanol–water partition coefficient (Wildman–Crippen LogP) is 3.04. The summed E-state index contributed by atoms with van der Waals surface area (Å²) in [6.45, 7) is 6.63. The molecule has 1 aromatic rings. The molecule has 0 spiro atoms. The van der Waals surface area contributed by atoms with Crippen molar-refractivity contribution in [3.8, 4) is 0 Å². The van der Waals surface area contributed by atoms with Gasteiger partial charge in [0.05, 0.1) is 18.2 Å². The highest BCUT2D eigenvalue weighted by molar-refractivity contribution is 5.95. The number of carbonyl (C=O) groups is 2. The van der Waals surface area contributed by atoms with Crippen LogP contribution in [0.25, 0.3) is 0 Å². The zero-order valence-corrected chi connectivity index (χ0v) is 16.2. The molecule has 0 saturated carbocycles. The summed E-state index contributed by atoms with van der Waals surface area (Å²) in [7, 11) is 0. The Balaban J connectivity index is 1.96. The van der Waals surface area contributed by atoms with Gasteiger partial charge in [0.1, 0.15) is 0 Å². The molecule has 6 heteroatoms. The van der Waals surface area contributed by atoms with E-state index in [1.54, 1.807) is 6.92 Å². The fourth-order valence-electron chi connectivity index (χ4n) is 3.72. The Hall–Kier alpha value is -2.34. The number of likely N-dealkylation sites (tertiary alicyclic amines) is 1. The van der Waals surface area contributed by atoms with Crippen molar-refractivity contribution in [2.45, 2.75) is 45.6 Å². The van der Waals surface area contributed by atoms with Crippen molar-refractivity contribution in [2.24, 2.45) is 0 Å². The first-order valence-electron chi connectivity index (χ1n) is 9.85. The number of nitrogens with zero attached hydrogens (tertiary/aromatic N) is 1. The fourth-order valence-corrected chi connectivity index (χ4v) is 3.72. The minimum absolute atomic E-state index is 0.279. The molecule has 0 unspecified atom stereocenters. The van der Waals surface area contributed by atoms with Crippen LogP contribution in [0.1, 0.15) is 49.8 Å². The Morgan fingerprint density at radius 1 is 1.15 bits per heavy atom. The standard InChI is InChI=1S/C21H29N3O3/c1-3-27-20(25)18-17(14-24-12-6-4-5-7-13-24)22-21(26)23-19(18)16-10-8-15(2)9-11-16/h8-11,19H,3-7,12-14H2,1-2H3,(H2,22,23,26)/t19-/m1/s1. The quantitative estimate of drug-likeness (QED) is 0.781. The molecule has 3 rings (SSSR count). The number of hydrogen-bond acceptors (Lipinski definition) is 4. The smallest absolute Gasteiger partial charge is 0.338 e. The van der Waals surface area contributed by atoms with Crippen LogP contribution in [0.4, 0.5) is 4.79 Å². The molecule has 0 radical (unpaired) electrons. The van der Waals surface area contributed by atoms with Crippen LogP contribution >= 0.6 is 0 Å². The van der Waals surface area contributed by atoms with Gasteiger partial charge in [-0.15, -0.1) is 0 Å². The minimum Gasteiger partial charge on any atom is -0.463 e. The molecule has 2 amide bonds. The monoisotopic (exact) mass is 371 g/mol. The van der Waals surface area contributed by atoms with Gasteiger partial charge in [-0.1, -0.05) is 42.7 Å². The van der Waals surface area contributed by atoms with E-state index in [0.29, 0.717) is 24.4 Å². The molecule has 1 atom stereocenters. The van der Waals surface area contributed by atoms with E-state index in [9.17, 15) is 9.59 Å². The van der Waals surface area contributed by atoms with Crippen LogP contribution in [-0.2, 0) is 9.53 Å². The summed E-state index contributed by atoms with van der Waals surface area (Å²) >= 11 is 0. The maximum Gasteiger partial charge on any atom is 0.338 e. The average molecular weight is 371 g/mol. The third kappa shape index (κ3) is 4.89. The topological polar surface area (TPSA) is 70.7 Å². The Morgan fingerprint density at radius 3 is 2.44 bits per heavy atom. The molecule has 0 bridgehead atoms. The number of benzene rings is 1. The maximum absolute atomic E-state index is 12.8. The lowest BCUT2D eigenvalue weighted by Gasteiger charge is -2.32. The molecule has 0 aliphatic carbocycles. The lowest BCUT2D eigenvalue weighted by atomic mass is 9.94. The van der Waals surface area contributed by atoms with Crippen LogP contribution in [0.5, 0.6) is 0 Å². The van der Waals surface area contributed by atoms with Crippen LogP contribution < -0.4 is 10.6 Å². The number of amides is 2. The maximum atomic E-state index is 12.8. The van der Waals surface area contributed by atoms with Crippen molar-refractivity contribution >= 4 is 12.0 Å². The highest BCUT2D eigenvalue weighted by atomic mass is 16.5. The summed E-state index contributed by atoms with van der Waals surface area (Å²) in [6.07, 6.45) is 4.77. The molecule has 2 aliphatic rings. The van der Waals surface area contributed by atoms with Crippen molar-refractivity contribution in [1.82, 2.24) is 15.5 Å². The second-order valence-electron chi connectivity index (χ2n) is 7.25. The summed E-state index contributed by atoms with van der Waals surface area (Å²) < 4.78 is 5.33. The molecule has 27 heavy (non-hydrogen) atoms. The minimum atomic E-state index is -0.500. The van der Waals surface area contributed by atoms with Gasteiger partial charge in [0, 0.05) is 12.2 Å². The number of ether oxygens (including phenoxy) is 1. The Morgan fingerprint density at radius 2 is 1.81 bits per heavy atom. The van der Waals surface area contributed by atoms with E-state index < -0.39 is 6.04 Å². The highest BCUT2D eigenvalue weighted by Crippen LogP contribution is 2.28. The van der Waals surface area contributed by atoms with Gasteiger partial charge in [-0.25, -0.2) is 9.59 Å². The van der Waals surface area contributed by atoms with E-state index in [1.807, 2.05) is 31.2 Å². The van der Waals surface area contributed by atoms with Gasteiger partial charge in [0.2, 0.25) is 0 Å². The van der Waals surface area contributed by atoms with Gasteiger partial charge in [0.15, 0.2) is 0 Å². The number of nitrogens with one attached hydrogen (secondary N) is 2.